The molecule has 0 fully saturated rings. The molecule has 0 saturated carbocycles. The van der Waals surface area contributed by atoms with Gasteiger partial charge in [-0.25, -0.2) is 0 Å². The number of nitrogens with zero attached hydrogens (tertiary/aromatic N) is 1. The number of amides is 1. The molecular weight excluding hydrogens is 461 g/mol. The number of alkyl halides is 3. The quantitative estimate of drug-likeness (QED) is 0.245. The first-order chi connectivity index (χ1) is 16.4. The van der Waals surface area contributed by atoms with E-state index in [9.17, 15) is 18.0 Å². The fraction of sp³-hybridized carbons (Fsp3) is 0.280. The van der Waals surface area contributed by atoms with Gasteiger partial charge in [0.2, 0.25) is 5.91 Å². The van der Waals surface area contributed by atoms with Gasteiger partial charge >= 0.3 is 6.18 Å². The van der Waals surface area contributed by atoms with Gasteiger partial charge < -0.3 is 10.6 Å². The number of aromatic nitrogens is 1. The Hall–Kier alpha value is -3.04. The summed E-state index contributed by atoms with van der Waals surface area (Å²) in [5.41, 5.74) is 2.19. The van der Waals surface area contributed by atoms with Crippen LogP contribution < -0.4 is 15.4 Å². The Labute approximate surface area is 201 Å². The molecule has 3 rings (SSSR count). The summed E-state index contributed by atoms with van der Waals surface area (Å²) in [5, 5.41) is 6.42. The molecular formula is C25H27F3N4OS. The molecule has 1 aromatic heterocycles. The molecule has 34 heavy (non-hydrogen) atoms. The second-order valence-corrected chi connectivity index (χ2v) is 8.58. The highest BCUT2D eigenvalue weighted by molar-refractivity contribution is 7.96. The number of rotatable bonds is 12. The van der Waals surface area contributed by atoms with Crippen LogP contribution in [0.2, 0.25) is 0 Å². The SMILES string of the molecule is O=C(CNSCc1ccc(C(F)(F)F)cc1)NC(CCNc1ccncc1)Cc1ccccc1. The largest absolute Gasteiger partial charge is 0.416 e. The summed E-state index contributed by atoms with van der Waals surface area (Å²) in [5.74, 6) is 0.319. The van der Waals surface area contributed by atoms with Crippen molar-refractivity contribution in [3.8, 4) is 0 Å². The number of carbonyl (C=O) groups excluding carboxylic acids is 1. The molecule has 1 atom stereocenters. The van der Waals surface area contributed by atoms with Crippen LogP contribution in [0.4, 0.5) is 18.9 Å². The van der Waals surface area contributed by atoms with Gasteiger partial charge in [0.1, 0.15) is 0 Å². The molecule has 9 heteroatoms. The van der Waals surface area contributed by atoms with Gasteiger partial charge in [0, 0.05) is 36.4 Å². The van der Waals surface area contributed by atoms with Crippen molar-refractivity contribution in [3.63, 3.8) is 0 Å². The number of pyridine rings is 1. The molecule has 1 amide bonds. The molecule has 5 nitrogen and oxygen atoms in total. The zero-order valence-corrected chi connectivity index (χ0v) is 19.3. The first-order valence-electron chi connectivity index (χ1n) is 10.9. The lowest BCUT2D eigenvalue weighted by Gasteiger charge is -2.20. The lowest BCUT2D eigenvalue weighted by Crippen LogP contribution is -2.41. The maximum absolute atomic E-state index is 12.7. The maximum Gasteiger partial charge on any atom is 0.416 e. The third-order valence-corrected chi connectivity index (χ3v) is 5.87. The smallest absolute Gasteiger partial charge is 0.385 e. The number of carbonyl (C=O) groups is 1. The van der Waals surface area contributed by atoms with E-state index < -0.39 is 11.7 Å². The zero-order valence-electron chi connectivity index (χ0n) is 18.5. The van der Waals surface area contributed by atoms with Crippen LogP contribution in [0, 0.1) is 0 Å². The van der Waals surface area contributed by atoms with Crippen molar-refractivity contribution in [3.05, 3.63) is 95.8 Å². The molecule has 0 bridgehead atoms. The lowest BCUT2D eigenvalue weighted by atomic mass is 10.0. The molecule has 3 aromatic rings. The highest BCUT2D eigenvalue weighted by atomic mass is 32.2. The van der Waals surface area contributed by atoms with Gasteiger partial charge in [0.25, 0.3) is 0 Å². The number of benzene rings is 2. The van der Waals surface area contributed by atoms with E-state index in [1.54, 1.807) is 12.4 Å². The Bertz CT molecular complexity index is 1000. The van der Waals surface area contributed by atoms with Gasteiger partial charge in [-0.05, 0) is 48.2 Å². The van der Waals surface area contributed by atoms with Crippen molar-refractivity contribution in [2.45, 2.75) is 30.8 Å². The van der Waals surface area contributed by atoms with Crippen LogP contribution >= 0.6 is 11.9 Å². The van der Waals surface area contributed by atoms with Crippen LogP contribution in [0.1, 0.15) is 23.1 Å². The molecule has 3 N–H and O–H groups in total. The van der Waals surface area contributed by atoms with E-state index in [-0.39, 0.29) is 18.5 Å². The molecule has 1 heterocycles. The number of hydrogen-bond acceptors (Lipinski definition) is 5. The summed E-state index contributed by atoms with van der Waals surface area (Å²) >= 11 is 1.28. The second kappa shape index (κ2) is 13.0. The van der Waals surface area contributed by atoms with Gasteiger partial charge in [-0.2, -0.15) is 13.2 Å². The Kier molecular flexibility index (Phi) is 9.78. The minimum Gasteiger partial charge on any atom is -0.385 e. The Balaban J connectivity index is 1.43. The van der Waals surface area contributed by atoms with Crippen LogP contribution in [-0.2, 0) is 23.1 Å². The highest BCUT2D eigenvalue weighted by Gasteiger charge is 2.29. The minimum atomic E-state index is -4.34. The Morgan fingerprint density at radius 3 is 2.32 bits per heavy atom. The predicted molar refractivity (Wildman–Crippen MR) is 130 cm³/mol. The molecule has 0 spiro atoms. The van der Waals surface area contributed by atoms with E-state index in [0.29, 0.717) is 18.7 Å². The lowest BCUT2D eigenvalue weighted by molar-refractivity contribution is -0.137. The molecule has 180 valence electrons. The van der Waals surface area contributed by atoms with Crippen molar-refractivity contribution in [2.24, 2.45) is 0 Å². The highest BCUT2D eigenvalue weighted by Crippen LogP contribution is 2.29. The number of anilines is 1. The van der Waals surface area contributed by atoms with Crippen LogP contribution in [0.15, 0.2) is 79.1 Å². The first-order valence-corrected chi connectivity index (χ1v) is 11.9. The van der Waals surface area contributed by atoms with Crippen LogP contribution in [0.25, 0.3) is 0 Å². The van der Waals surface area contributed by atoms with E-state index in [2.05, 4.69) is 20.3 Å². The van der Waals surface area contributed by atoms with E-state index in [0.717, 1.165) is 35.4 Å². The summed E-state index contributed by atoms with van der Waals surface area (Å²) in [4.78, 5) is 16.5. The normalized spacial score (nSPS) is 12.2. The number of hydrogen-bond donors (Lipinski definition) is 3. The van der Waals surface area contributed by atoms with Crippen molar-refractivity contribution in [1.29, 1.82) is 0 Å². The Morgan fingerprint density at radius 1 is 0.941 bits per heavy atom. The average molecular weight is 489 g/mol. The summed E-state index contributed by atoms with van der Waals surface area (Å²) in [6, 6.07) is 18.7. The van der Waals surface area contributed by atoms with Gasteiger partial charge in [0.05, 0.1) is 12.1 Å². The fourth-order valence-corrected chi connectivity index (χ4v) is 4.00. The topological polar surface area (TPSA) is 66.1 Å². The third-order valence-electron chi connectivity index (χ3n) is 5.05. The molecule has 1 unspecified atom stereocenters. The van der Waals surface area contributed by atoms with E-state index in [1.807, 2.05) is 42.5 Å². The van der Waals surface area contributed by atoms with Gasteiger partial charge in [-0.3, -0.25) is 14.5 Å². The van der Waals surface area contributed by atoms with Gasteiger partial charge in [-0.1, -0.05) is 54.4 Å². The van der Waals surface area contributed by atoms with Crippen molar-refractivity contribution < 1.29 is 18.0 Å². The molecule has 0 saturated heterocycles. The van der Waals surface area contributed by atoms with E-state index in [4.69, 9.17) is 0 Å². The molecule has 0 aliphatic carbocycles. The number of halogens is 3. The molecule has 0 aliphatic rings. The summed E-state index contributed by atoms with van der Waals surface area (Å²) < 4.78 is 40.9. The zero-order chi connectivity index (χ0) is 24.2. The van der Waals surface area contributed by atoms with Crippen LogP contribution in [0.3, 0.4) is 0 Å². The fourth-order valence-electron chi connectivity index (χ4n) is 3.30. The Morgan fingerprint density at radius 2 is 1.65 bits per heavy atom. The predicted octanol–water partition coefficient (Wildman–Crippen LogP) is 5.07. The monoisotopic (exact) mass is 488 g/mol. The number of nitrogens with one attached hydrogen (secondary N) is 3. The van der Waals surface area contributed by atoms with Gasteiger partial charge in [0.15, 0.2) is 0 Å². The molecule has 0 aliphatic heterocycles. The van der Waals surface area contributed by atoms with E-state index >= 15 is 0 Å². The van der Waals surface area contributed by atoms with Crippen molar-refractivity contribution in [2.75, 3.05) is 18.4 Å². The summed E-state index contributed by atoms with van der Waals surface area (Å²) in [6.45, 7) is 0.798. The second-order valence-electron chi connectivity index (χ2n) is 7.71. The molecule has 0 radical (unpaired) electrons. The van der Waals surface area contributed by atoms with E-state index in [1.165, 1.54) is 24.1 Å². The summed E-state index contributed by atoms with van der Waals surface area (Å²) in [7, 11) is 0. The third kappa shape index (κ3) is 9.07. The minimum absolute atomic E-state index is 0.0500. The molecule has 2 aromatic carbocycles. The standard InChI is InChI=1S/C25H27F3N4OS/c26-25(27,28)21-8-6-20(7-9-21)18-34-31-17-24(33)32-23(16-19-4-2-1-3-5-19)12-15-30-22-10-13-29-14-11-22/h1-11,13-14,23,31H,12,15-18H2,(H,29,30)(H,32,33). The summed E-state index contributed by atoms with van der Waals surface area (Å²) in [6.07, 6.45) is 0.552. The average Bonchev–Trinajstić information content (AvgIpc) is 2.83. The van der Waals surface area contributed by atoms with Crippen LogP contribution in [0.5, 0.6) is 0 Å². The van der Waals surface area contributed by atoms with Gasteiger partial charge in [-0.15, -0.1) is 0 Å². The van der Waals surface area contributed by atoms with Crippen molar-refractivity contribution in [1.82, 2.24) is 15.0 Å². The van der Waals surface area contributed by atoms with Crippen molar-refractivity contribution >= 4 is 23.5 Å². The first kappa shape index (κ1) is 25.6. The maximum atomic E-state index is 12.7. The van der Waals surface area contributed by atoms with Crippen LogP contribution in [-0.4, -0.2) is 30.0 Å².